The average Bonchev–Trinajstić information content (AvgIpc) is 2.96. The quantitative estimate of drug-likeness (QED) is 0.794. The number of nitrogens with zero attached hydrogens (tertiary/aromatic N) is 1. The average molecular weight is 340 g/mol. The topological polar surface area (TPSA) is 79.0 Å². The molecule has 3 rings (SSSR count). The van der Waals surface area contributed by atoms with E-state index in [9.17, 15) is 18.0 Å². The molecule has 0 aliphatic carbocycles. The summed E-state index contributed by atoms with van der Waals surface area (Å²) >= 11 is 0. The first-order valence-electron chi connectivity index (χ1n) is 7.33. The molecule has 1 aromatic heterocycles. The smallest absolute Gasteiger partial charge is 0.405 e. The van der Waals surface area contributed by atoms with Gasteiger partial charge in [-0.3, -0.25) is 9.89 Å². The van der Waals surface area contributed by atoms with Gasteiger partial charge < -0.3 is 15.4 Å². The molecule has 2 heterocycles. The molecule has 0 saturated carbocycles. The van der Waals surface area contributed by atoms with Gasteiger partial charge in [0, 0.05) is 42.9 Å². The van der Waals surface area contributed by atoms with Crippen molar-refractivity contribution in [1.82, 2.24) is 20.8 Å². The van der Waals surface area contributed by atoms with E-state index in [0.717, 1.165) is 24.2 Å². The van der Waals surface area contributed by atoms with Crippen molar-refractivity contribution in [2.45, 2.75) is 25.9 Å². The number of hydrogen-bond acceptors (Lipinski definition) is 4. The van der Waals surface area contributed by atoms with Gasteiger partial charge in [0.25, 0.3) is 5.91 Å². The molecule has 0 unspecified atom stereocenters. The Morgan fingerprint density at radius 1 is 1.33 bits per heavy atom. The summed E-state index contributed by atoms with van der Waals surface area (Å²) in [6.07, 6.45) is -4.04. The van der Waals surface area contributed by atoms with Crippen LogP contribution in [0, 0.1) is 0 Å². The molecule has 3 N–H and O–H groups in total. The summed E-state index contributed by atoms with van der Waals surface area (Å²) in [5, 5.41) is 12.6. The number of hydrogen-bond donors (Lipinski definition) is 3. The second-order valence-corrected chi connectivity index (χ2v) is 5.29. The Balaban J connectivity index is 1.70. The van der Waals surface area contributed by atoms with Gasteiger partial charge in [-0.2, -0.15) is 5.10 Å². The van der Waals surface area contributed by atoms with Crippen LogP contribution >= 0.6 is 0 Å². The van der Waals surface area contributed by atoms with E-state index in [1.165, 1.54) is 18.2 Å². The number of ether oxygens (including phenoxy) is 1. The lowest BCUT2D eigenvalue weighted by atomic mass is 10.1. The summed E-state index contributed by atoms with van der Waals surface area (Å²) in [6.45, 7) is 1.24. The molecule has 24 heavy (non-hydrogen) atoms. The Bertz CT molecular complexity index is 743. The number of benzene rings is 1. The number of carbonyl (C=O) groups is 1. The van der Waals surface area contributed by atoms with Crippen molar-refractivity contribution >= 4 is 5.91 Å². The van der Waals surface area contributed by atoms with E-state index in [2.05, 4.69) is 25.6 Å². The maximum Gasteiger partial charge on any atom is 0.573 e. The third-order valence-corrected chi connectivity index (χ3v) is 3.66. The molecule has 9 heteroatoms. The SMILES string of the molecule is O=C(NCc1ccccc1OC(F)(F)F)c1n[nH]c2c1CNCC2. The molecule has 0 bridgehead atoms. The molecule has 0 spiro atoms. The van der Waals surface area contributed by atoms with Crippen molar-refractivity contribution in [2.75, 3.05) is 6.54 Å². The van der Waals surface area contributed by atoms with Gasteiger partial charge in [-0.25, -0.2) is 0 Å². The molecular formula is C15H15F3N4O2. The molecule has 1 aliphatic rings. The van der Waals surface area contributed by atoms with Crippen LogP contribution in [0.25, 0.3) is 0 Å². The van der Waals surface area contributed by atoms with Crippen molar-refractivity contribution in [3.05, 3.63) is 46.8 Å². The first-order valence-corrected chi connectivity index (χ1v) is 7.33. The second-order valence-electron chi connectivity index (χ2n) is 5.29. The van der Waals surface area contributed by atoms with E-state index in [1.807, 2.05) is 0 Å². The number of para-hydroxylation sites is 1. The molecule has 1 amide bonds. The number of rotatable bonds is 4. The largest absolute Gasteiger partial charge is 0.573 e. The van der Waals surface area contributed by atoms with Gasteiger partial charge in [-0.15, -0.1) is 13.2 Å². The van der Waals surface area contributed by atoms with E-state index < -0.39 is 12.3 Å². The Kier molecular flexibility index (Phi) is 4.43. The Morgan fingerprint density at radius 3 is 2.92 bits per heavy atom. The van der Waals surface area contributed by atoms with E-state index in [4.69, 9.17) is 0 Å². The third kappa shape index (κ3) is 3.67. The number of carbonyl (C=O) groups excluding carboxylic acids is 1. The van der Waals surface area contributed by atoms with Gasteiger partial charge in [0.2, 0.25) is 0 Å². The fourth-order valence-electron chi connectivity index (χ4n) is 2.55. The zero-order valence-electron chi connectivity index (χ0n) is 12.5. The number of fused-ring (bicyclic) bond motifs is 1. The summed E-state index contributed by atoms with van der Waals surface area (Å²) < 4.78 is 41.2. The van der Waals surface area contributed by atoms with Crippen molar-refractivity contribution in [2.24, 2.45) is 0 Å². The maximum atomic E-state index is 12.4. The minimum absolute atomic E-state index is 0.0971. The summed E-state index contributed by atoms with van der Waals surface area (Å²) in [4.78, 5) is 12.3. The number of alkyl halides is 3. The zero-order valence-corrected chi connectivity index (χ0v) is 12.5. The Labute approximate surface area is 135 Å². The summed E-state index contributed by atoms with van der Waals surface area (Å²) in [6, 6.07) is 5.67. The monoisotopic (exact) mass is 340 g/mol. The number of halogens is 3. The van der Waals surface area contributed by atoms with Crippen LogP contribution in [-0.4, -0.2) is 29.0 Å². The summed E-state index contributed by atoms with van der Waals surface area (Å²) in [5.41, 5.74) is 2.18. The van der Waals surface area contributed by atoms with Crippen LogP contribution in [0.15, 0.2) is 24.3 Å². The predicted molar refractivity (Wildman–Crippen MR) is 78.3 cm³/mol. The number of nitrogens with one attached hydrogen (secondary N) is 3. The third-order valence-electron chi connectivity index (χ3n) is 3.66. The minimum atomic E-state index is -4.78. The zero-order chi connectivity index (χ0) is 17.2. The predicted octanol–water partition coefficient (Wildman–Crippen LogP) is 1.88. The fraction of sp³-hybridized carbons (Fsp3) is 0.333. The van der Waals surface area contributed by atoms with Gasteiger partial charge in [0.05, 0.1) is 0 Å². The highest BCUT2D eigenvalue weighted by Crippen LogP contribution is 2.26. The number of amides is 1. The van der Waals surface area contributed by atoms with Crippen LogP contribution < -0.4 is 15.4 Å². The highest BCUT2D eigenvalue weighted by atomic mass is 19.4. The van der Waals surface area contributed by atoms with Crippen molar-refractivity contribution in [1.29, 1.82) is 0 Å². The first-order chi connectivity index (χ1) is 11.4. The van der Waals surface area contributed by atoms with Crippen LogP contribution in [0.4, 0.5) is 13.2 Å². The fourth-order valence-corrected chi connectivity index (χ4v) is 2.55. The van der Waals surface area contributed by atoms with Gasteiger partial charge in [-0.1, -0.05) is 18.2 Å². The molecular weight excluding hydrogens is 325 g/mol. The van der Waals surface area contributed by atoms with Crippen LogP contribution in [0.3, 0.4) is 0 Å². The molecule has 2 aromatic rings. The Morgan fingerprint density at radius 2 is 2.12 bits per heavy atom. The summed E-state index contributed by atoms with van der Waals surface area (Å²) in [5.74, 6) is -0.783. The van der Waals surface area contributed by atoms with Crippen molar-refractivity contribution in [3.8, 4) is 5.75 Å². The lowest BCUT2D eigenvalue weighted by molar-refractivity contribution is -0.274. The van der Waals surface area contributed by atoms with E-state index in [0.29, 0.717) is 6.54 Å². The molecule has 1 aromatic carbocycles. The Hall–Kier alpha value is -2.55. The van der Waals surface area contributed by atoms with E-state index in [-0.39, 0.29) is 23.6 Å². The number of H-pyrrole nitrogens is 1. The van der Waals surface area contributed by atoms with Gasteiger partial charge in [0.15, 0.2) is 5.69 Å². The molecule has 0 radical (unpaired) electrons. The number of aromatic amines is 1. The standard InChI is InChI=1S/C15H15F3N4O2/c16-15(17,18)24-12-4-2-1-3-9(12)7-20-14(23)13-10-8-19-6-5-11(10)21-22-13/h1-4,19H,5-8H2,(H,20,23)(H,21,22). The molecule has 0 fully saturated rings. The highest BCUT2D eigenvalue weighted by Gasteiger charge is 2.32. The summed E-state index contributed by atoms with van der Waals surface area (Å²) in [7, 11) is 0. The van der Waals surface area contributed by atoms with E-state index in [1.54, 1.807) is 6.07 Å². The minimum Gasteiger partial charge on any atom is -0.405 e. The number of aromatic nitrogens is 2. The lowest BCUT2D eigenvalue weighted by Crippen LogP contribution is -2.28. The molecule has 1 aliphatic heterocycles. The van der Waals surface area contributed by atoms with Crippen molar-refractivity contribution in [3.63, 3.8) is 0 Å². The highest BCUT2D eigenvalue weighted by molar-refractivity contribution is 5.94. The molecule has 0 saturated heterocycles. The van der Waals surface area contributed by atoms with Crippen LogP contribution in [0.1, 0.15) is 27.3 Å². The second kappa shape index (κ2) is 6.52. The van der Waals surface area contributed by atoms with Crippen molar-refractivity contribution < 1.29 is 22.7 Å². The van der Waals surface area contributed by atoms with Gasteiger partial charge in [0.1, 0.15) is 5.75 Å². The normalized spacial score (nSPS) is 14.1. The molecule has 6 nitrogen and oxygen atoms in total. The van der Waals surface area contributed by atoms with E-state index >= 15 is 0 Å². The van der Waals surface area contributed by atoms with Crippen LogP contribution in [0.5, 0.6) is 5.75 Å². The lowest BCUT2D eigenvalue weighted by Gasteiger charge is -2.14. The molecule has 0 atom stereocenters. The van der Waals surface area contributed by atoms with Gasteiger partial charge in [-0.05, 0) is 6.07 Å². The molecule has 128 valence electrons. The van der Waals surface area contributed by atoms with Gasteiger partial charge >= 0.3 is 6.36 Å². The van der Waals surface area contributed by atoms with Crippen LogP contribution in [0.2, 0.25) is 0 Å². The first kappa shape index (κ1) is 16.3. The van der Waals surface area contributed by atoms with Crippen LogP contribution in [-0.2, 0) is 19.5 Å². The maximum absolute atomic E-state index is 12.4.